The summed E-state index contributed by atoms with van der Waals surface area (Å²) < 4.78 is 8.23. The minimum Gasteiger partial charge on any atom is -0.466 e. The number of carbonyl (C=O) groups excluding carboxylic acids is 2. The summed E-state index contributed by atoms with van der Waals surface area (Å²) in [6, 6.07) is 13.2. The number of thioether (sulfide) groups is 1. The first kappa shape index (κ1) is 23.0. The molecule has 3 aromatic rings. The van der Waals surface area contributed by atoms with Gasteiger partial charge in [-0.1, -0.05) is 42.5 Å². The van der Waals surface area contributed by atoms with Gasteiger partial charge in [-0.3, -0.25) is 9.59 Å². The van der Waals surface area contributed by atoms with Crippen molar-refractivity contribution in [3.8, 4) is 5.69 Å². The number of esters is 1. The Labute approximate surface area is 191 Å². The minimum absolute atomic E-state index is 0.0542. The molecule has 0 aliphatic heterocycles. The molecular weight excluding hydrogens is 426 g/mol. The summed E-state index contributed by atoms with van der Waals surface area (Å²) in [5.41, 5.74) is 3.35. The molecule has 0 aliphatic carbocycles. The summed E-state index contributed by atoms with van der Waals surface area (Å²) in [6.07, 6.45) is 8.09. The van der Waals surface area contributed by atoms with Gasteiger partial charge in [0.2, 0.25) is 11.5 Å². The van der Waals surface area contributed by atoms with Crippen molar-refractivity contribution in [1.29, 1.82) is 0 Å². The Morgan fingerprint density at radius 3 is 2.48 bits per heavy atom. The van der Waals surface area contributed by atoms with Gasteiger partial charge in [-0.15, -0.1) is 23.1 Å². The van der Waals surface area contributed by atoms with Crippen molar-refractivity contribution in [2.75, 3.05) is 12.4 Å². The fourth-order valence-corrected chi connectivity index (χ4v) is 5.60. The van der Waals surface area contributed by atoms with Gasteiger partial charge in [0, 0.05) is 23.4 Å². The number of allylic oxidation sites excluding steroid dienone is 1. The molecule has 160 valence electrons. The van der Waals surface area contributed by atoms with Crippen LogP contribution in [-0.2, 0) is 16.0 Å². The Morgan fingerprint density at radius 2 is 1.84 bits per heavy atom. The predicted octanol–water partition coefficient (Wildman–Crippen LogP) is 5.34. The van der Waals surface area contributed by atoms with Crippen molar-refractivity contribution >= 4 is 34.9 Å². The Hall–Kier alpha value is -2.70. The maximum atomic E-state index is 13.4. The monoisotopic (exact) mass is 452 g/mol. The van der Waals surface area contributed by atoms with Crippen LogP contribution in [0.25, 0.3) is 5.69 Å². The van der Waals surface area contributed by atoms with E-state index in [1.54, 1.807) is 18.7 Å². The molecular formula is C25H26NO3S2+. The zero-order valence-electron chi connectivity index (χ0n) is 18.0. The van der Waals surface area contributed by atoms with Crippen molar-refractivity contribution in [2.24, 2.45) is 0 Å². The molecule has 0 radical (unpaired) electrons. The second-order valence-corrected chi connectivity index (χ2v) is 9.19. The van der Waals surface area contributed by atoms with Crippen molar-refractivity contribution in [2.45, 2.75) is 31.4 Å². The lowest BCUT2D eigenvalue weighted by Crippen LogP contribution is -2.31. The van der Waals surface area contributed by atoms with Crippen LogP contribution in [0, 0.1) is 6.92 Å². The van der Waals surface area contributed by atoms with Crippen LogP contribution in [0.15, 0.2) is 71.2 Å². The number of rotatable bonds is 9. The maximum absolute atomic E-state index is 13.4. The molecule has 0 bridgehead atoms. The van der Waals surface area contributed by atoms with E-state index < -0.39 is 0 Å². The number of hydrogen-bond acceptors (Lipinski definition) is 5. The van der Waals surface area contributed by atoms with E-state index in [1.165, 1.54) is 11.3 Å². The number of pyridine rings is 1. The number of aromatic nitrogens is 1. The molecule has 6 heteroatoms. The van der Waals surface area contributed by atoms with Gasteiger partial charge < -0.3 is 4.74 Å². The maximum Gasteiger partial charge on any atom is 0.310 e. The van der Waals surface area contributed by atoms with E-state index in [4.69, 9.17) is 4.74 Å². The number of ketones is 1. The number of hydrogen-bond donors (Lipinski definition) is 0. The Balaban J connectivity index is 2.18. The Bertz CT molecular complexity index is 1070. The van der Waals surface area contributed by atoms with Gasteiger partial charge in [-0.25, -0.2) is 0 Å². The second-order valence-electron chi connectivity index (χ2n) is 6.89. The zero-order valence-corrected chi connectivity index (χ0v) is 19.6. The average molecular weight is 453 g/mol. The fourth-order valence-electron chi connectivity index (χ4n) is 3.09. The quantitative estimate of drug-likeness (QED) is 0.145. The van der Waals surface area contributed by atoms with E-state index in [0.29, 0.717) is 22.6 Å². The molecule has 31 heavy (non-hydrogen) atoms. The standard InChI is InChI=1S/C25H26NO3S2/c1-4-6-16-30-25-22(26-14-12-18(3)13-15-26)20(17-21(27)29-5-2)24(31-25)23(28)19-10-8-7-9-11-19/h4,6-15H,5,16-17H2,1-3H3/q+1/b6-4+. The third-order valence-corrected chi connectivity index (χ3v) is 7.05. The first-order valence-corrected chi connectivity index (χ1v) is 12.0. The van der Waals surface area contributed by atoms with Gasteiger partial charge in [-0.05, 0) is 26.3 Å². The molecule has 0 amide bonds. The van der Waals surface area contributed by atoms with Crippen LogP contribution in [0.2, 0.25) is 0 Å². The van der Waals surface area contributed by atoms with Crippen molar-refractivity contribution in [1.82, 2.24) is 0 Å². The Kier molecular flexibility index (Phi) is 8.20. The first-order chi connectivity index (χ1) is 15.0. The van der Waals surface area contributed by atoms with Crippen LogP contribution in [-0.4, -0.2) is 24.1 Å². The average Bonchev–Trinajstić information content (AvgIpc) is 3.12. The molecule has 4 nitrogen and oxygen atoms in total. The summed E-state index contributed by atoms with van der Waals surface area (Å²) in [5, 5.41) is 0. The lowest BCUT2D eigenvalue weighted by atomic mass is 10.0. The van der Waals surface area contributed by atoms with Crippen molar-refractivity contribution < 1.29 is 18.9 Å². The van der Waals surface area contributed by atoms with E-state index in [2.05, 4.69) is 6.08 Å². The van der Waals surface area contributed by atoms with E-state index in [9.17, 15) is 9.59 Å². The first-order valence-electron chi connectivity index (χ1n) is 10.2. The molecule has 2 aromatic heterocycles. The minimum atomic E-state index is -0.332. The number of thiophene rings is 1. The van der Waals surface area contributed by atoms with Crippen LogP contribution in [0.5, 0.6) is 0 Å². The highest BCUT2D eigenvalue weighted by Crippen LogP contribution is 2.38. The van der Waals surface area contributed by atoms with Crippen LogP contribution in [0.4, 0.5) is 0 Å². The number of carbonyl (C=O) groups is 2. The van der Waals surface area contributed by atoms with E-state index in [-0.39, 0.29) is 18.2 Å². The molecule has 0 saturated heterocycles. The van der Waals surface area contributed by atoms with Gasteiger partial charge in [-0.2, -0.15) is 4.57 Å². The van der Waals surface area contributed by atoms with Crippen LogP contribution < -0.4 is 4.57 Å². The highest BCUT2D eigenvalue weighted by molar-refractivity contribution is 8.01. The van der Waals surface area contributed by atoms with Crippen LogP contribution in [0.1, 0.15) is 40.2 Å². The lowest BCUT2D eigenvalue weighted by Gasteiger charge is -2.05. The third kappa shape index (κ3) is 5.71. The SMILES string of the molecule is C/C=C/CSc1sc(C(=O)c2ccccc2)c(CC(=O)OCC)c1-[n+]1ccc(C)cc1. The molecule has 0 spiro atoms. The molecule has 0 fully saturated rings. The topological polar surface area (TPSA) is 47.3 Å². The van der Waals surface area contributed by atoms with Crippen LogP contribution in [0.3, 0.4) is 0 Å². The van der Waals surface area contributed by atoms with Gasteiger partial charge in [0.1, 0.15) is 4.21 Å². The number of benzene rings is 1. The fraction of sp³-hybridized carbons (Fsp3) is 0.240. The molecule has 0 unspecified atom stereocenters. The van der Waals surface area contributed by atoms with Gasteiger partial charge in [0.25, 0.3) is 0 Å². The zero-order chi connectivity index (χ0) is 22.2. The predicted molar refractivity (Wildman–Crippen MR) is 126 cm³/mol. The van der Waals surface area contributed by atoms with Crippen LogP contribution >= 0.6 is 23.1 Å². The molecule has 0 N–H and O–H groups in total. The van der Waals surface area contributed by atoms with Crippen molar-refractivity contribution in [3.63, 3.8) is 0 Å². The lowest BCUT2D eigenvalue weighted by molar-refractivity contribution is -0.598. The van der Waals surface area contributed by atoms with E-state index >= 15 is 0 Å². The van der Waals surface area contributed by atoms with Gasteiger partial charge in [0.05, 0.1) is 23.5 Å². The second kappa shape index (κ2) is 11.1. The summed E-state index contributed by atoms with van der Waals surface area (Å²) in [5.74, 6) is 0.381. The third-order valence-electron chi connectivity index (χ3n) is 4.62. The Morgan fingerprint density at radius 1 is 1.13 bits per heavy atom. The summed E-state index contributed by atoms with van der Waals surface area (Å²) >= 11 is 3.11. The molecule has 0 atom stereocenters. The smallest absolute Gasteiger partial charge is 0.310 e. The summed E-state index contributed by atoms with van der Waals surface area (Å²) in [6.45, 7) is 6.11. The molecule has 0 saturated carbocycles. The van der Waals surface area contributed by atoms with Crippen molar-refractivity contribution in [3.05, 3.63) is 88.6 Å². The summed E-state index contributed by atoms with van der Waals surface area (Å²) in [4.78, 5) is 26.5. The molecule has 2 heterocycles. The van der Waals surface area contributed by atoms with Gasteiger partial charge in [0.15, 0.2) is 12.4 Å². The number of nitrogens with zero attached hydrogens (tertiary/aromatic N) is 1. The molecule has 1 aromatic carbocycles. The van der Waals surface area contributed by atoms with E-state index in [0.717, 1.165) is 21.2 Å². The highest BCUT2D eigenvalue weighted by atomic mass is 32.2. The largest absolute Gasteiger partial charge is 0.466 e. The number of aryl methyl sites for hydroxylation is 1. The molecule has 0 aliphatic rings. The van der Waals surface area contributed by atoms with Gasteiger partial charge >= 0.3 is 5.97 Å². The molecule has 3 rings (SSSR count). The highest BCUT2D eigenvalue weighted by Gasteiger charge is 2.31. The summed E-state index contributed by atoms with van der Waals surface area (Å²) in [7, 11) is 0. The number of ether oxygens (including phenoxy) is 1. The van der Waals surface area contributed by atoms with E-state index in [1.807, 2.05) is 79.3 Å². The normalized spacial score (nSPS) is 11.1.